The average molecular weight is 254 g/mol. The Kier molecular flexibility index (Phi) is 4.62. The van der Waals surface area contributed by atoms with E-state index in [-0.39, 0.29) is 5.75 Å². The lowest BCUT2D eigenvalue weighted by Crippen LogP contribution is -1.95. The molecule has 0 saturated heterocycles. The van der Waals surface area contributed by atoms with Gasteiger partial charge in [0, 0.05) is 5.56 Å². The molecule has 98 valence electrons. The molecule has 2 rings (SSSR count). The Morgan fingerprint density at radius 2 is 1.89 bits per heavy atom. The second-order valence-electron chi connectivity index (χ2n) is 4.31. The first kappa shape index (κ1) is 13.2. The fourth-order valence-corrected chi connectivity index (χ4v) is 1.74. The third-order valence-corrected chi connectivity index (χ3v) is 2.78. The van der Waals surface area contributed by atoms with Gasteiger partial charge in [-0.2, -0.15) is 0 Å². The molecule has 0 amide bonds. The van der Waals surface area contributed by atoms with Gasteiger partial charge in [0.1, 0.15) is 18.1 Å². The predicted molar refractivity (Wildman–Crippen MR) is 78.2 cm³/mol. The number of phenols is 1. The van der Waals surface area contributed by atoms with Gasteiger partial charge < -0.3 is 9.84 Å². The van der Waals surface area contributed by atoms with Crippen molar-refractivity contribution < 1.29 is 9.84 Å². The van der Waals surface area contributed by atoms with E-state index in [0.717, 1.165) is 23.3 Å². The molecule has 0 aliphatic rings. The molecule has 2 heteroatoms. The van der Waals surface area contributed by atoms with E-state index in [1.807, 2.05) is 48.6 Å². The number of ether oxygens (including phenoxy) is 1. The van der Waals surface area contributed by atoms with Crippen LogP contribution in [-0.4, -0.2) is 5.11 Å². The van der Waals surface area contributed by atoms with Crippen molar-refractivity contribution in [1.82, 2.24) is 0 Å². The van der Waals surface area contributed by atoms with Crippen molar-refractivity contribution >= 4 is 6.08 Å². The van der Waals surface area contributed by atoms with E-state index >= 15 is 0 Å². The fourth-order valence-electron chi connectivity index (χ4n) is 1.74. The average Bonchev–Trinajstić information content (AvgIpc) is 2.46. The minimum Gasteiger partial charge on any atom is -0.507 e. The van der Waals surface area contributed by atoms with Gasteiger partial charge >= 0.3 is 0 Å². The Morgan fingerprint density at radius 3 is 2.63 bits per heavy atom. The third-order valence-electron chi connectivity index (χ3n) is 2.78. The van der Waals surface area contributed by atoms with Crippen LogP contribution in [0.1, 0.15) is 24.5 Å². The molecule has 2 nitrogen and oxygen atoms in total. The van der Waals surface area contributed by atoms with Crippen LogP contribution in [0.15, 0.2) is 54.6 Å². The fraction of sp³-hybridized carbons (Fsp3) is 0.176. The van der Waals surface area contributed by atoms with E-state index in [0.29, 0.717) is 6.61 Å². The van der Waals surface area contributed by atoms with E-state index in [1.54, 1.807) is 12.1 Å². The second kappa shape index (κ2) is 6.64. The number of allylic oxidation sites excluding steroid dienone is 1. The molecule has 0 aliphatic carbocycles. The normalized spacial score (nSPS) is 10.8. The zero-order chi connectivity index (χ0) is 13.5. The van der Waals surface area contributed by atoms with Crippen molar-refractivity contribution in [2.45, 2.75) is 20.0 Å². The lowest BCUT2D eigenvalue weighted by molar-refractivity contribution is 0.305. The molecule has 0 heterocycles. The van der Waals surface area contributed by atoms with Gasteiger partial charge in [-0.25, -0.2) is 0 Å². The summed E-state index contributed by atoms with van der Waals surface area (Å²) in [5.41, 5.74) is 1.91. The Balaban J connectivity index is 2.07. The Hall–Kier alpha value is -2.22. The molecule has 1 N–H and O–H groups in total. The van der Waals surface area contributed by atoms with Gasteiger partial charge in [-0.1, -0.05) is 49.4 Å². The number of benzene rings is 2. The summed E-state index contributed by atoms with van der Waals surface area (Å²) in [4.78, 5) is 0. The molecular weight excluding hydrogens is 236 g/mol. The summed E-state index contributed by atoms with van der Waals surface area (Å²) >= 11 is 0. The van der Waals surface area contributed by atoms with E-state index in [1.165, 1.54) is 0 Å². The van der Waals surface area contributed by atoms with Crippen molar-refractivity contribution in [3.8, 4) is 11.5 Å². The van der Waals surface area contributed by atoms with Crippen molar-refractivity contribution in [2.75, 3.05) is 0 Å². The smallest absolute Gasteiger partial charge is 0.123 e. The van der Waals surface area contributed by atoms with Crippen LogP contribution in [0.3, 0.4) is 0 Å². The van der Waals surface area contributed by atoms with Gasteiger partial charge in [0.05, 0.1) is 0 Å². The standard InChI is InChI=1S/C17H18O2/c1-2-3-9-15-12-16(10-11-17(15)18)19-13-14-7-5-4-6-8-14/h3-12,18H,2,13H2,1H3. The first-order chi connectivity index (χ1) is 9.29. The Labute approximate surface area is 114 Å². The van der Waals surface area contributed by atoms with Crippen LogP contribution in [0.4, 0.5) is 0 Å². The zero-order valence-electron chi connectivity index (χ0n) is 11.0. The van der Waals surface area contributed by atoms with Crippen molar-refractivity contribution in [3.63, 3.8) is 0 Å². The van der Waals surface area contributed by atoms with Crippen LogP contribution in [0.25, 0.3) is 6.08 Å². The minimum atomic E-state index is 0.275. The van der Waals surface area contributed by atoms with Crippen molar-refractivity contribution in [3.05, 3.63) is 65.7 Å². The van der Waals surface area contributed by atoms with E-state index in [2.05, 4.69) is 6.92 Å². The summed E-state index contributed by atoms with van der Waals surface area (Å²) < 4.78 is 5.72. The highest BCUT2D eigenvalue weighted by Crippen LogP contribution is 2.25. The molecule has 0 radical (unpaired) electrons. The molecule has 0 unspecified atom stereocenters. The highest BCUT2D eigenvalue weighted by molar-refractivity contribution is 5.59. The largest absolute Gasteiger partial charge is 0.507 e. The van der Waals surface area contributed by atoms with E-state index in [9.17, 15) is 5.11 Å². The summed E-state index contributed by atoms with van der Waals surface area (Å²) in [6, 6.07) is 15.3. The summed E-state index contributed by atoms with van der Waals surface area (Å²) in [6.45, 7) is 2.59. The number of hydrogen-bond acceptors (Lipinski definition) is 2. The Bertz CT molecular complexity index is 544. The first-order valence-electron chi connectivity index (χ1n) is 6.46. The second-order valence-corrected chi connectivity index (χ2v) is 4.31. The van der Waals surface area contributed by atoms with Gasteiger partial charge in [0.2, 0.25) is 0 Å². The molecule has 0 aliphatic heterocycles. The first-order valence-corrected chi connectivity index (χ1v) is 6.46. The molecule has 0 fully saturated rings. The van der Waals surface area contributed by atoms with Gasteiger partial charge in [0.15, 0.2) is 0 Å². The van der Waals surface area contributed by atoms with Gasteiger partial charge in [-0.05, 0) is 30.2 Å². The summed E-state index contributed by atoms with van der Waals surface area (Å²) in [7, 11) is 0. The van der Waals surface area contributed by atoms with Gasteiger partial charge in [0.25, 0.3) is 0 Å². The predicted octanol–water partition coefficient (Wildman–Crippen LogP) is 4.39. The van der Waals surface area contributed by atoms with E-state index in [4.69, 9.17) is 4.74 Å². The SMILES string of the molecule is CCC=Cc1cc(OCc2ccccc2)ccc1O. The molecule has 2 aromatic carbocycles. The van der Waals surface area contributed by atoms with Gasteiger partial charge in [-0.3, -0.25) is 0 Å². The van der Waals surface area contributed by atoms with Crippen LogP contribution >= 0.6 is 0 Å². The van der Waals surface area contributed by atoms with Crippen LogP contribution in [-0.2, 0) is 6.61 Å². The molecule has 0 saturated carbocycles. The van der Waals surface area contributed by atoms with Crippen LogP contribution in [0.5, 0.6) is 11.5 Å². The number of hydrogen-bond donors (Lipinski definition) is 1. The molecule has 19 heavy (non-hydrogen) atoms. The maximum Gasteiger partial charge on any atom is 0.123 e. The van der Waals surface area contributed by atoms with Crippen molar-refractivity contribution in [1.29, 1.82) is 0 Å². The van der Waals surface area contributed by atoms with Crippen LogP contribution in [0, 0.1) is 0 Å². The number of rotatable bonds is 5. The number of phenolic OH excluding ortho intramolecular Hbond substituents is 1. The maximum atomic E-state index is 9.74. The molecular formula is C17H18O2. The van der Waals surface area contributed by atoms with Crippen LogP contribution < -0.4 is 4.74 Å². The summed E-state index contributed by atoms with van der Waals surface area (Å²) in [5, 5.41) is 9.74. The molecule has 0 bridgehead atoms. The minimum absolute atomic E-state index is 0.275. The third kappa shape index (κ3) is 3.88. The van der Waals surface area contributed by atoms with Crippen LogP contribution in [0.2, 0.25) is 0 Å². The quantitative estimate of drug-likeness (QED) is 0.857. The topological polar surface area (TPSA) is 29.5 Å². The van der Waals surface area contributed by atoms with E-state index < -0.39 is 0 Å². The van der Waals surface area contributed by atoms with Gasteiger partial charge in [-0.15, -0.1) is 0 Å². The lowest BCUT2D eigenvalue weighted by atomic mass is 10.1. The highest BCUT2D eigenvalue weighted by atomic mass is 16.5. The maximum absolute atomic E-state index is 9.74. The summed E-state index contributed by atoms with van der Waals surface area (Å²) in [5.74, 6) is 1.04. The zero-order valence-corrected chi connectivity index (χ0v) is 11.0. The Morgan fingerprint density at radius 1 is 1.11 bits per heavy atom. The monoisotopic (exact) mass is 254 g/mol. The number of aromatic hydroxyl groups is 1. The summed E-state index contributed by atoms with van der Waals surface area (Å²) in [6.07, 6.45) is 4.86. The molecule has 0 atom stereocenters. The molecule has 0 aromatic heterocycles. The highest BCUT2D eigenvalue weighted by Gasteiger charge is 2.01. The van der Waals surface area contributed by atoms with Crippen molar-refractivity contribution in [2.24, 2.45) is 0 Å². The molecule has 0 spiro atoms. The lowest BCUT2D eigenvalue weighted by Gasteiger charge is -2.08. The molecule has 2 aromatic rings.